The topological polar surface area (TPSA) is 89.2 Å². The molecule has 1 N–H and O–H groups in total. The van der Waals surface area contributed by atoms with E-state index in [1.54, 1.807) is 10.9 Å². The van der Waals surface area contributed by atoms with Crippen molar-refractivity contribution in [2.45, 2.75) is 6.10 Å². The monoisotopic (exact) mass is 221 g/mol. The minimum Gasteiger partial charge on any atom is -0.400 e. The van der Waals surface area contributed by atoms with Crippen LogP contribution >= 0.6 is 0 Å². The van der Waals surface area contributed by atoms with Crippen LogP contribution in [0.15, 0.2) is 24.7 Å². The number of pyridine rings is 1. The summed E-state index contributed by atoms with van der Waals surface area (Å²) in [4.78, 5) is 4.26. The molecule has 0 radical (unpaired) electrons. The maximum Gasteiger partial charge on any atom is 0.143 e. The standard InChI is InChI=1S/C8H7N5O.CH4O/c1-2-7(8-4-14-8)9-3-6(1)13-5-10-11-12-13;1-2/h1-3,5,8H,4H2;2H,1H3/t8-;/m1./s1. The molecule has 0 unspecified atom stereocenters. The van der Waals surface area contributed by atoms with Crippen molar-refractivity contribution in [3.05, 3.63) is 30.4 Å². The maximum atomic E-state index is 7.00. The van der Waals surface area contributed by atoms with Gasteiger partial charge in [0.05, 0.1) is 24.2 Å². The third-order valence-corrected chi connectivity index (χ3v) is 2.05. The minimum atomic E-state index is 0.193. The number of tetrazole rings is 1. The second-order valence-corrected chi connectivity index (χ2v) is 3.02. The first-order chi connectivity index (χ1) is 7.93. The number of aromatic nitrogens is 5. The number of aliphatic hydroxyl groups is 1. The molecular formula is C9H11N5O2. The van der Waals surface area contributed by atoms with Crippen LogP contribution < -0.4 is 0 Å². The van der Waals surface area contributed by atoms with Crippen LogP contribution in [0.1, 0.15) is 11.8 Å². The van der Waals surface area contributed by atoms with Gasteiger partial charge in [-0.2, -0.15) is 4.68 Å². The number of aliphatic hydroxyl groups excluding tert-OH is 1. The van der Waals surface area contributed by atoms with Crippen molar-refractivity contribution in [3.8, 4) is 5.69 Å². The lowest BCUT2D eigenvalue weighted by Gasteiger charge is -1.98. The highest BCUT2D eigenvalue weighted by Gasteiger charge is 2.25. The van der Waals surface area contributed by atoms with Gasteiger partial charge < -0.3 is 9.84 Å². The first kappa shape index (κ1) is 10.7. The van der Waals surface area contributed by atoms with Crippen molar-refractivity contribution in [2.24, 2.45) is 0 Å². The van der Waals surface area contributed by atoms with E-state index in [-0.39, 0.29) is 6.10 Å². The zero-order valence-corrected chi connectivity index (χ0v) is 8.69. The lowest BCUT2D eigenvalue weighted by molar-refractivity contribution is 0.399. The van der Waals surface area contributed by atoms with E-state index in [1.165, 1.54) is 6.33 Å². The third-order valence-electron chi connectivity index (χ3n) is 2.05. The Hall–Kier alpha value is -1.86. The number of hydrogen-bond acceptors (Lipinski definition) is 6. The fourth-order valence-electron chi connectivity index (χ4n) is 1.22. The van der Waals surface area contributed by atoms with Crippen molar-refractivity contribution >= 4 is 0 Å². The van der Waals surface area contributed by atoms with Gasteiger partial charge in [0.2, 0.25) is 0 Å². The van der Waals surface area contributed by atoms with Gasteiger partial charge in [-0.25, -0.2) is 0 Å². The molecule has 7 heteroatoms. The molecule has 1 fully saturated rings. The van der Waals surface area contributed by atoms with E-state index in [1.807, 2.05) is 12.1 Å². The Morgan fingerprint density at radius 2 is 2.25 bits per heavy atom. The molecule has 0 amide bonds. The summed E-state index contributed by atoms with van der Waals surface area (Å²) in [7, 11) is 1.00. The average molecular weight is 221 g/mol. The molecule has 2 aromatic heterocycles. The van der Waals surface area contributed by atoms with Gasteiger partial charge in [0.25, 0.3) is 0 Å². The van der Waals surface area contributed by atoms with E-state index in [4.69, 9.17) is 9.84 Å². The third kappa shape index (κ3) is 2.20. The van der Waals surface area contributed by atoms with Gasteiger partial charge in [-0.15, -0.1) is 5.10 Å². The summed E-state index contributed by atoms with van der Waals surface area (Å²) in [5.41, 5.74) is 1.81. The predicted octanol–water partition coefficient (Wildman–Crippen LogP) is -0.263. The Kier molecular flexibility index (Phi) is 3.18. The highest BCUT2D eigenvalue weighted by molar-refractivity contribution is 5.28. The van der Waals surface area contributed by atoms with Crippen molar-refractivity contribution in [3.63, 3.8) is 0 Å². The van der Waals surface area contributed by atoms with Crippen LogP contribution in [0.25, 0.3) is 5.69 Å². The highest BCUT2D eigenvalue weighted by atomic mass is 16.6. The normalized spacial score (nSPS) is 17.5. The van der Waals surface area contributed by atoms with Gasteiger partial charge in [-0.1, -0.05) is 0 Å². The van der Waals surface area contributed by atoms with Crippen molar-refractivity contribution in [2.75, 3.05) is 13.7 Å². The molecule has 1 aliphatic rings. The van der Waals surface area contributed by atoms with E-state index in [0.29, 0.717) is 0 Å². The summed E-state index contributed by atoms with van der Waals surface area (Å²) in [6.45, 7) is 0.775. The molecule has 3 heterocycles. The Balaban J connectivity index is 0.000000457. The Bertz CT molecular complexity index is 424. The number of rotatable bonds is 2. The van der Waals surface area contributed by atoms with Gasteiger partial charge in [0, 0.05) is 7.11 Å². The van der Waals surface area contributed by atoms with Crippen LogP contribution in [0.4, 0.5) is 0 Å². The van der Waals surface area contributed by atoms with Crippen LogP contribution in [-0.4, -0.2) is 44.0 Å². The smallest absolute Gasteiger partial charge is 0.143 e. The van der Waals surface area contributed by atoms with Crippen LogP contribution in [-0.2, 0) is 4.74 Å². The van der Waals surface area contributed by atoms with Gasteiger partial charge in [0.1, 0.15) is 12.4 Å². The largest absolute Gasteiger partial charge is 0.400 e. The van der Waals surface area contributed by atoms with E-state index in [9.17, 15) is 0 Å². The summed E-state index contributed by atoms with van der Waals surface area (Å²) in [5, 5.41) is 17.9. The van der Waals surface area contributed by atoms with E-state index in [0.717, 1.165) is 25.1 Å². The number of ether oxygens (including phenoxy) is 1. The molecule has 0 spiro atoms. The van der Waals surface area contributed by atoms with Crippen LogP contribution in [0.3, 0.4) is 0 Å². The molecule has 16 heavy (non-hydrogen) atoms. The number of hydrogen-bond donors (Lipinski definition) is 1. The first-order valence-corrected chi connectivity index (χ1v) is 4.69. The molecule has 0 saturated carbocycles. The van der Waals surface area contributed by atoms with Gasteiger partial charge in [0.15, 0.2) is 0 Å². The lowest BCUT2D eigenvalue weighted by Crippen LogP contribution is -1.97. The second-order valence-electron chi connectivity index (χ2n) is 3.02. The second kappa shape index (κ2) is 4.77. The van der Waals surface area contributed by atoms with Crippen molar-refractivity contribution in [1.29, 1.82) is 0 Å². The molecule has 0 aromatic carbocycles. The summed E-state index contributed by atoms with van der Waals surface area (Å²) >= 11 is 0. The molecule has 84 valence electrons. The van der Waals surface area contributed by atoms with Crippen LogP contribution in [0.5, 0.6) is 0 Å². The lowest BCUT2D eigenvalue weighted by atomic mass is 10.3. The quantitative estimate of drug-likeness (QED) is 0.702. The number of epoxide rings is 1. The molecule has 0 aliphatic carbocycles. The highest BCUT2D eigenvalue weighted by Crippen LogP contribution is 2.27. The average Bonchev–Trinajstić information content (AvgIpc) is 3.07. The summed E-state index contributed by atoms with van der Waals surface area (Å²) in [6, 6.07) is 3.84. The Labute approximate surface area is 91.7 Å². The summed E-state index contributed by atoms with van der Waals surface area (Å²) in [5.74, 6) is 0. The fraction of sp³-hybridized carbons (Fsp3) is 0.333. The Morgan fingerprint density at radius 1 is 1.44 bits per heavy atom. The maximum absolute atomic E-state index is 7.00. The summed E-state index contributed by atoms with van der Waals surface area (Å²) < 4.78 is 6.68. The molecule has 3 rings (SSSR count). The zero-order valence-electron chi connectivity index (χ0n) is 8.69. The molecule has 1 aliphatic heterocycles. The first-order valence-electron chi connectivity index (χ1n) is 4.69. The number of nitrogens with zero attached hydrogens (tertiary/aromatic N) is 5. The SMILES string of the molecule is CO.c1cc([C@H]2CO2)ncc1-n1cnnn1. The fourth-order valence-corrected chi connectivity index (χ4v) is 1.22. The molecular weight excluding hydrogens is 210 g/mol. The van der Waals surface area contributed by atoms with Crippen molar-refractivity contribution in [1.82, 2.24) is 25.2 Å². The molecule has 0 bridgehead atoms. The van der Waals surface area contributed by atoms with E-state index in [2.05, 4.69) is 20.5 Å². The molecule has 2 aromatic rings. The van der Waals surface area contributed by atoms with Crippen molar-refractivity contribution < 1.29 is 9.84 Å². The predicted molar refractivity (Wildman–Crippen MR) is 53.8 cm³/mol. The minimum absolute atomic E-state index is 0.193. The van der Waals surface area contributed by atoms with Crippen LogP contribution in [0.2, 0.25) is 0 Å². The molecule has 7 nitrogen and oxygen atoms in total. The van der Waals surface area contributed by atoms with E-state index >= 15 is 0 Å². The van der Waals surface area contributed by atoms with Crippen LogP contribution in [0, 0.1) is 0 Å². The van der Waals surface area contributed by atoms with Gasteiger partial charge >= 0.3 is 0 Å². The van der Waals surface area contributed by atoms with E-state index < -0.39 is 0 Å². The van der Waals surface area contributed by atoms with Gasteiger partial charge in [-0.05, 0) is 22.6 Å². The summed E-state index contributed by atoms with van der Waals surface area (Å²) in [6.07, 6.45) is 3.45. The Morgan fingerprint density at radius 3 is 2.75 bits per heavy atom. The molecule has 1 atom stereocenters. The van der Waals surface area contributed by atoms with Gasteiger partial charge in [-0.3, -0.25) is 4.98 Å². The molecule has 1 saturated heterocycles. The zero-order chi connectivity index (χ0) is 11.4.